The summed E-state index contributed by atoms with van der Waals surface area (Å²) >= 11 is 0. The van der Waals surface area contributed by atoms with Crippen LogP contribution in [0.4, 0.5) is 0 Å². The van der Waals surface area contributed by atoms with E-state index in [0.29, 0.717) is 5.75 Å². The monoisotopic (exact) mass is 514 g/mol. The molecule has 6 nitrogen and oxygen atoms in total. The van der Waals surface area contributed by atoms with Gasteiger partial charge in [-0.3, -0.25) is 0 Å². The summed E-state index contributed by atoms with van der Waals surface area (Å²) in [5.41, 5.74) is 0. The summed E-state index contributed by atoms with van der Waals surface area (Å²) in [6.07, 6.45) is 0. The summed E-state index contributed by atoms with van der Waals surface area (Å²) < 4.78 is 21.8. The molecule has 0 bridgehead atoms. The van der Waals surface area contributed by atoms with Crippen molar-refractivity contribution in [3.8, 4) is 11.5 Å². The highest BCUT2D eigenvalue weighted by Gasteiger charge is 2.22. The highest BCUT2D eigenvalue weighted by atomic mass is 28.4. The van der Waals surface area contributed by atoms with E-state index in [9.17, 15) is 9.59 Å². The molecule has 10 heteroatoms. The second kappa shape index (κ2) is 16.2. The molecule has 1 rings (SSSR count). The molecule has 31 heavy (non-hydrogen) atoms. The van der Waals surface area contributed by atoms with E-state index in [2.05, 4.69) is 39.3 Å². The van der Waals surface area contributed by atoms with Crippen LogP contribution in [0.15, 0.2) is 24.3 Å². The van der Waals surface area contributed by atoms with Crippen LogP contribution in [0.3, 0.4) is 0 Å². The maximum atomic E-state index is 9.62. The lowest BCUT2D eigenvalue weighted by atomic mass is 10.3. The predicted octanol–water partition coefficient (Wildman–Crippen LogP) is 7.02. The Morgan fingerprint density at radius 1 is 0.548 bits per heavy atom. The highest BCUT2D eigenvalue weighted by molar-refractivity contribution is 6.70. The van der Waals surface area contributed by atoms with Gasteiger partial charge in [-0.05, 0) is 89.7 Å². The van der Waals surface area contributed by atoms with Crippen molar-refractivity contribution in [3.63, 3.8) is 0 Å². The maximum Gasteiger partial charge on any atom is 0.389 e. The minimum Gasteiger partial charge on any atom is -0.544 e. The Balaban J connectivity index is -0.000000136. The lowest BCUT2D eigenvalue weighted by Crippen LogP contribution is -2.35. The second-order valence-corrected chi connectivity index (χ2v) is 24.4. The summed E-state index contributed by atoms with van der Waals surface area (Å²) in [5, 5.41) is 0. The molecule has 0 aliphatic carbocycles. The van der Waals surface area contributed by atoms with Crippen molar-refractivity contribution in [1.29, 1.82) is 0 Å². The van der Waals surface area contributed by atoms with Crippen molar-refractivity contribution in [2.45, 2.75) is 95.2 Å². The van der Waals surface area contributed by atoms with Crippen molar-refractivity contribution in [2.24, 2.45) is 0 Å². The predicted molar refractivity (Wildman–Crippen MR) is 148 cm³/mol. The largest absolute Gasteiger partial charge is 0.544 e. The van der Waals surface area contributed by atoms with Crippen LogP contribution in [0.25, 0.3) is 0 Å². The van der Waals surface area contributed by atoms with Crippen LogP contribution in [0.1, 0.15) is 29.7 Å². The van der Waals surface area contributed by atoms with Gasteiger partial charge < -0.3 is 27.3 Å². The van der Waals surface area contributed by atoms with Crippen LogP contribution in [0.5, 0.6) is 11.5 Å². The van der Waals surface area contributed by atoms with Gasteiger partial charge >= 0.3 is 17.1 Å². The zero-order valence-electron chi connectivity index (χ0n) is 18.5. The summed E-state index contributed by atoms with van der Waals surface area (Å²) in [7, 11) is -7.87. The van der Waals surface area contributed by atoms with Gasteiger partial charge in [-0.15, -0.1) is 0 Å². The summed E-state index contributed by atoms with van der Waals surface area (Å²) in [6, 6.07) is 7.43. The highest BCUT2D eigenvalue weighted by Crippen LogP contribution is 2.22. The van der Waals surface area contributed by atoms with E-state index in [4.69, 9.17) is 17.7 Å². The number of rotatable bonds is 8. The van der Waals surface area contributed by atoms with Gasteiger partial charge in [-0.1, -0.05) is 29.7 Å². The number of hydrogen-bond donors (Lipinski definition) is 2. The van der Waals surface area contributed by atoms with Crippen LogP contribution in [0.2, 0.25) is 65.5 Å². The molecular formula is C21H54O6Si4. The Labute approximate surface area is 198 Å². The molecular weight excluding hydrogens is 461 g/mol. The third-order valence-corrected chi connectivity index (χ3v) is 5.91. The van der Waals surface area contributed by atoms with Gasteiger partial charge in [0.1, 0.15) is 18.3 Å². The van der Waals surface area contributed by atoms with Crippen LogP contribution < -0.4 is 8.85 Å². The molecule has 190 valence electrons. The Hall–Kier alpha value is -0.472. The summed E-state index contributed by atoms with van der Waals surface area (Å²) in [4.78, 5) is 18.9. The molecule has 0 atom stereocenters. The summed E-state index contributed by atoms with van der Waals surface area (Å²) in [6.45, 7) is 19.8. The third-order valence-electron chi connectivity index (χ3n) is 2.52. The Bertz CT molecular complexity index is 492. The summed E-state index contributed by atoms with van der Waals surface area (Å²) in [5.74, 6) is 1.56. The first-order chi connectivity index (χ1) is 11.9. The van der Waals surface area contributed by atoms with E-state index in [0.717, 1.165) is 5.75 Å². The number of hydrogen-bond acceptors (Lipinski definition) is 6. The van der Waals surface area contributed by atoms with Crippen LogP contribution in [-0.4, -0.2) is 50.1 Å². The lowest BCUT2D eigenvalue weighted by molar-refractivity contribution is 0.0848. The van der Waals surface area contributed by atoms with Gasteiger partial charge in [0, 0.05) is 0 Å². The van der Waals surface area contributed by atoms with Crippen LogP contribution in [-0.2, 0) is 8.85 Å². The van der Waals surface area contributed by atoms with E-state index in [-0.39, 0.29) is 36.5 Å². The zero-order valence-corrected chi connectivity index (χ0v) is 22.5. The van der Waals surface area contributed by atoms with E-state index >= 15 is 0 Å². The normalized spacial score (nSPS) is 11.2. The first-order valence-electron chi connectivity index (χ1n) is 9.07. The smallest absolute Gasteiger partial charge is 0.389 e. The van der Waals surface area contributed by atoms with Gasteiger partial charge in [0.15, 0.2) is 8.32 Å². The quantitative estimate of drug-likeness (QED) is 0.286. The second-order valence-electron chi connectivity index (χ2n) is 9.20. The lowest BCUT2D eigenvalue weighted by Gasteiger charge is -2.21. The third kappa shape index (κ3) is 29.5. The molecule has 2 N–H and O–H groups in total. The van der Waals surface area contributed by atoms with Gasteiger partial charge in [0.2, 0.25) is 8.32 Å². The molecule has 0 heterocycles. The molecule has 1 aromatic rings. The van der Waals surface area contributed by atoms with E-state index in [1.807, 2.05) is 24.3 Å². The first kappa shape index (κ1) is 40.8. The fourth-order valence-corrected chi connectivity index (χ4v) is 4.00. The standard InChI is InChI=1S/C11H20O3Si2.C6H18O3Si2.4CH4/c1-15(2,3)13-10-6-8-11(9-7-10)14-16(4,5)12;1-10(2,3)8-6-9-11(4,5)7;;;;/h6-9,12H,1-5H3;7H,6H2,1-5H3;4*1H4. The average Bonchev–Trinajstić information content (AvgIpc) is 2.35. The van der Waals surface area contributed by atoms with Gasteiger partial charge in [-0.2, -0.15) is 0 Å². The Morgan fingerprint density at radius 2 is 0.903 bits per heavy atom. The fraction of sp³-hybridized carbons (Fsp3) is 0.714. The molecule has 0 aliphatic heterocycles. The SMILES string of the molecule is C.C.C.C.C[Si](C)(C)OCO[Si](C)(C)O.C[Si](C)(C)Oc1ccc(O[Si](C)(C)O)cc1. The molecule has 0 spiro atoms. The molecule has 0 aromatic heterocycles. The van der Waals surface area contributed by atoms with Crippen molar-refractivity contribution < 1.29 is 27.3 Å². The zero-order chi connectivity index (χ0) is 21.5. The van der Waals surface area contributed by atoms with Gasteiger partial charge in [0.25, 0.3) is 0 Å². The number of benzene rings is 1. The van der Waals surface area contributed by atoms with Crippen molar-refractivity contribution in [2.75, 3.05) is 6.79 Å². The minimum atomic E-state index is -2.49. The van der Waals surface area contributed by atoms with Crippen LogP contribution >= 0.6 is 0 Å². The van der Waals surface area contributed by atoms with E-state index in [1.165, 1.54) is 0 Å². The van der Waals surface area contributed by atoms with Crippen LogP contribution in [0, 0.1) is 0 Å². The van der Waals surface area contributed by atoms with Crippen molar-refractivity contribution >= 4 is 33.8 Å². The molecule has 0 saturated carbocycles. The van der Waals surface area contributed by atoms with E-state index < -0.39 is 33.8 Å². The minimum absolute atomic E-state index is 0. The van der Waals surface area contributed by atoms with Gasteiger partial charge in [0.05, 0.1) is 0 Å². The van der Waals surface area contributed by atoms with E-state index in [1.54, 1.807) is 26.2 Å². The average molecular weight is 515 g/mol. The van der Waals surface area contributed by atoms with Gasteiger partial charge in [-0.25, -0.2) is 0 Å². The Morgan fingerprint density at radius 3 is 1.16 bits per heavy atom. The van der Waals surface area contributed by atoms with Crippen molar-refractivity contribution in [1.82, 2.24) is 0 Å². The molecule has 0 unspecified atom stereocenters. The fourth-order valence-electron chi connectivity index (χ4n) is 1.57. The molecule has 1 aromatic carbocycles. The molecule has 0 aliphatic rings. The topological polar surface area (TPSA) is 77.4 Å². The molecule has 0 amide bonds. The Kier molecular flexibility index (Phi) is 21.3. The molecule has 0 radical (unpaired) electrons. The first-order valence-corrected chi connectivity index (χ1v) is 21.6. The maximum absolute atomic E-state index is 9.62. The molecule has 0 saturated heterocycles. The van der Waals surface area contributed by atoms with Crippen molar-refractivity contribution in [3.05, 3.63) is 24.3 Å². The molecule has 0 fully saturated rings.